The molecule has 0 unspecified atom stereocenters. The molecule has 0 saturated heterocycles. The van der Waals surface area contributed by atoms with Gasteiger partial charge in [-0.1, -0.05) is 158 Å². The van der Waals surface area contributed by atoms with Crippen LogP contribution in [0, 0.1) is 0 Å². The number of hydrogen-bond acceptors (Lipinski definition) is 2. The van der Waals surface area contributed by atoms with Crippen molar-refractivity contribution in [3.05, 3.63) is 182 Å². The van der Waals surface area contributed by atoms with Crippen molar-refractivity contribution in [3.8, 4) is 67.0 Å². The average molecular weight is 587 g/mol. The molecule has 7 aromatic carbocycles. The van der Waals surface area contributed by atoms with Crippen LogP contribution in [-0.4, -0.2) is 9.97 Å². The topological polar surface area (TPSA) is 25.8 Å². The van der Waals surface area contributed by atoms with E-state index in [9.17, 15) is 0 Å². The smallest absolute Gasteiger partial charge is 0.0973 e. The summed E-state index contributed by atoms with van der Waals surface area (Å²) < 4.78 is 0. The van der Waals surface area contributed by atoms with Gasteiger partial charge in [0.1, 0.15) is 0 Å². The van der Waals surface area contributed by atoms with Gasteiger partial charge in [-0.3, -0.25) is 0 Å². The highest BCUT2D eigenvalue weighted by molar-refractivity contribution is 5.90. The van der Waals surface area contributed by atoms with Gasteiger partial charge in [-0.05, 0) is 68.8 Å². The zero-order chi connectivity index (χ0) is 30.7. The number of hydrogen-bond donors (Lipinski definition) is 0. The zero-order valence-corrected chi connectivity index (χ0v) is 25.2. The van der Waals surface area contributed by atoms with Crippen molar-refractivity contribution in [1.82, 2.24) is 9.97 Å². The van der Waals surface area contributed by atoms with Gasteiger partial charge in [0.15, 0.2) is 0 Å². The second kappa shape index (κ2) is 12.1. The number of nitrogens with zero attached hydrogens (tertiary/aromatic N) is 2. The number of benzene rings is 7. The van der Waals surface area contributed by atoms with Gasteiger partial charge in [0, 0.05) is 11.1 Å². The maximum Gasteiger partial charge on any atom is 0.0973 e. The molecule has 1 heterocycles. The van der Waals surface area contributed by atoms with Crippen molar-refractivity contribution in [1.29, 1.82) is 0 Å². The largest absolute Gasteiger partial charge is 0.244 e. The van der Waals surface area contributed by atoms with E-state index >= 15 is 0 Å². The highest BCUT2D eigenvalue weighted by atomic mass is 14.8. The zero-order valence-electron chi connectivity index (χ0n) is 25.2. The maximum atomic E-state index is 5.17. The molecule has 216 valence electrons. The van der Waals surface area contributed by atoms with E-state index in [0.29, 0.717) is 0 Å². The molecule has 0 bridgehead atoms. The highest BCUT2D eigenvalue weighted by Crippen LogP contribution is 2.38. The van der Waals surface area contributed by atoms with E-state index in [4.69, 9.17) is 9.97 Å². The SMILES string of the molecule is c1ccc(-c2cccc(-c3nc4ccccc4nc3-c3ccc(-c4ccc(-c5ccccc5)cc4-c4ccccc4)cc3)c2)cc1. The molecule has 0 saturated carbocycles. The second-order valence-electron chi connectivity index (χ2n) is 11.4. The standard InChI is InChI=1S/C44H30N2/c1-4-13-31(14-5-1)36-19-12-20-38(29-36)44-43(45-41-21-10-11-22-42(41)46-44)35-25-23-34(24-26-35)39-28-27-37(32-15-6-2-7-16-32)30-40(39)33-17-8-3-9-18-33/h1-30H. The first-order valence-corrected chi connectivity index (χ1v) is 15.6. The minimum absolute atomic E-state index is 0.873. The fourth-order valence-corrected chi connectivity index (χ4v) is 6.15. The van der Waals surface area contributed by atoms with E-state index in [1.54, 1.807) is 0 Å². The highest BCUT2D eigenvalue weighted by Gasteiger charge is 2.16. The lowest BCUT2D eigenvalue weighted by atomic mass is 9.90. The molecule has 0 atom stereocenters. The molecule has 8 rings (SSSR count). The first-order chi connectivity index (χ1) is 22.8. The van der Waals surface area contributed by atoms with E-state index in [1.807, 2.05) is 30.3 Å². The van der Waals surface area contributed by atoms with Crippen molar-refractivity contribution < 1.29 is 0 Å². The summed E-state index contributed by atoms with van der Waals surface area (Å²) in [6, 6.07) is 63.9. The van der Waals surface area contributed by atoms with Gasteiger partial charge in [0.2, 0.25) is 0 Å². The van der Waals surface area contributed by atoms with Crippen LogP contribution in [0.4, 0.5) is 0 Å². The minimum atomic E-state index is 0.873. The van der Waals surface area contributed by atoms with Crippen LogP contribution >= 0.6 is 0 Å². The van der Waals surface area contributed by atoms with Crippen molar-refractivity contribution in [3.63, 3.8) is 0 Å². The van der Waals surface area contributed by atoms with Crippen LogP contribution in [-0.2, 0) is 0 Å². The Bertz CT molecular complexity index is 2270. The van der Waals surface area contributed by atoms with Crippen LogP contribution in [0.15, 0.2) is 182 Å². The normalized spacial score (nSPS) is 11.0. The first-order valence-electron chi connectivity index (χ1n) is 15.6. The number of rotatable bonds is 6. The lowest BCUT2D eigenvalue weighted by Gasteiger charge is -2.15. The van der Waals surface area contributed by atoms with Gasteiger partial charge in [-0.2, -0.15) is 0 Å². The van der Waals surface area contributed by atoms with E-state index in [-0.39, 0.29) is 0 Å². The Morgan fingerprint density at radius 2 is 0.652 bits per heavy atom. The van der Waals surface area contributed by atoms with Crippen molar-refractivity contribution in [2.45, 2.75) is 0 Å². The van der Waals surface area contributed by atoms with Crippen molar-refractivity contribution in [2.75, 3.05) is 0 Å². The second-order valence-corrected chi connectivity index (χ2v) is 11.4. The summed E-state index contributed by atoms with van der Waals surface area (Å²) in [5.41, 5.74) is 15.1. The average Bonchev–Trinajstić information content (AvgIpc) is 3.15. The van der Waals surface area contributed by atoms with Crippen molar-refractivity contribution in [2.24, 2.45) is 0 Å². The third kappa shape index (κ3) is 5.38. The molecular formula is C44H30N2. The molecule has 2 nitrogen and oxygen atoms in total. The van der Waals surface area contributed by atoms with Crippen molar-refractivity contribution >= 4 is 11.0 Å². The third-order valence-corrected chi connectivity index (χ3v) is 8.49. The van der Waals surface area contributed by atoms with Gasteiger partial charge < -0.3 is 0 Å². The molecule has 0 amide bonds. The van der Waals surface area contributed by atoms with Crippen LogP contribution < -0.4 is 0 Å². The number of fused-ring (bicyclic) bond motifs is 1. The first kappa shape index (κ1) is 27.4. The fraction of sp³-hybridized carbons (Fsp3) is 0. The molecule has 1 aromatic heterocycles. The molecule has 8 aromatic rings. The van der Waals surface area contributed by atoms with E-state index in [2.05, 4.69) is 152 Å². The quantitative estimate of drug-likeness (QED) is 0.194. The van der Waals surface area contributed by atoms with E-state index in [0.717, 1.165) is 44.7 Å². The van der Waals surface area contributed by atoms with Gasteiger partial charge in [0.25, 0.3) is 0 Å². The Hall–Kier alpha value is -6.12. The molecule has 0 aliphatic heterocycles. The Kier molecular flexibility index (Phi) is 7.22. The summed E-state index contributed by atoms with van der Waals surface area (Å²) in [7, 11) is 0. The molecular weight excluding hydrogens is 556 g/mol. The maximum absolute atomic E-state index is 5.17. The van der Waals surface area contributed by atoms with Crippen LogP contribution in [0.2, 0.25) is 0 Å². The Morgan fingerprint density at radius 3 is 1.26 bits per heavy atom. The van der Waals surface area contributed by atoms with E-state index < -0.39 is 0 Å². The lowest BCUT2D eigenvalue weighted by molar-refractivity contribution is 1.29. The molecule has 0 spiro atoms. The van der Waals surface area contributed by atoms with Crippen LogP contribution in [0.5, 0.6) is 0 Å². The molecule has 46 heavy (non-hydrogen) atoms. The summed E-state index contributed by atoms with van der Waals surface area (Å²) in [4.78, 5) is 10.3. The third-order valence-electron chi connectivity index (χ3n) is 8.49. The molecule has 0 radical (unpaired) electrons. The summed E-state index contributed by atoms with van der Waals surface area (Å²) in [5, 5.41) is 0. The van der Waals surface area contributed by atoms with Gasteiger partial charge >= 0.3 is 0 Å². The predicted molar refractivity (Wildman–Crippen MR) is 192 cm³/mol. The summed E-state index contributed by atoms with van der Waals surface area (Å²) in [5.74, 6) is 0. The van der Waals surface area contributed by atoms with Crippen LogP contribution in [0.3, 0.4) is 0 Å². The number of aromatic nitrogens is 2. The summed E-state index contributed by atoms with van der Waals surface area (Å²) in [6.45, 7) is 0. The van der Waals surface area contributed by atoms with E-state index in [1.165, 1.54) is 33.4 Å². The lowest BCUT2D eigenvalue weighted by Crippen LogP contribution is -1.96. The molecule has 0 fully saturated rings. The number of para-hydroxylation sites is 2. The Morgan fingerprint density at radius 1 is 0.239 bits per heavy atom. The van der Waals surface area contributed by atoms with Gasteiger partial charge in [0.05, 0.1) is 22.4 Å². The monoisotopic (exact) mass is 586 g/mol. The minimum Gasteiger partial charge on any atom is -0.244 e. The predicted octanol–water partition coefficient (Wildman–Crippen LogP) is 11.6. The molecule has 0 aliphatic carbocycles. The molecule has 0 aliphatic rings. The van der Waals surface area contributed by atoms with Gasteiger partial charge in [-0.25, -0.2) is 9.97 Å². The molecule has 0 N–H and O–H groups in total. The Balaban J connectivity index is 1.24. The molecule has 2 heteroatoms. The Labute approximate surface area is 269 Å². The fourth-order valence-electron chi connectivity index (χ4n) is 6.15. The van der Waals surface area contributed by atoms with Crippen LogP contribution in [0.25, 0.3) is 78.1 Å². The van der Waals surface area contributed by atoms with Gasteiger partial charge in [-0.15, -0.1) is 0 Å². The van der Waals surface area contributed by atoms with Crippen LogP contribution in [0.1, 0.15) is 0 Å². The summed E-state index contributed by atoms with van der Waals surface area (Å²) in [6.07, 6.45) is 0. The summed E-state index contributed by atoms with van der Waals surface area (Å²) >= 11 is 0.